The molecule has 0 aliphatic rings. The lowest BCUT2D eigenvalue weighted by Crippen LogP contribution is -2.47. The molecule has 0 fully saturated rings. The van der Waals surface area contributed by atoms with E-state index < -0.39 is 18.0 Å². The minimum atomic E-state index is -1.08. The highest BCUT2D eigenvalue weighted by atomic mass is 35.5. The van der Waals surface area contributed by atoms with Gasteiger partial charge in [-0.2, -0.15) is 11.8 Å². The zero-order valence-electron chi connectivity index (χ0n) is 11.8. The number of nitrogens with one attached hydrogen (secondary N) is 2. The lowest BCUT2D eigenvalue weighted by atomic mass is 10.2. The summed E-state index contributed by atoms with van der Waals surface area (Å²) in [7, 11) is 0. The second-order valence-corrected chi connectivity index (χ2v) is 6.02. The first-order chi connectivity index (χ1) is 10.4. The fraction of sp³-hybridized carbons (Fsp3) is 0.385. The van der Waals surface area contributed by atoms with Crippen LogP contribution in [0.5, 0.6) is 5.75 Å². The SMILES string of the molecule is CSCCC(NC(=O)NCOc1ccc(Cl)cc1Cl)C(=O)O. The van der Waals surface area contributed by atoms with E-state index in [4.69, 9.17) is 33.0 Å². The van der Waals surface area contributed by atoms with Crippen molar-refractivity contribution < 1.29 is 19.4 Å². The van der Waals surface area contributed by atoms with Gasteiger partial charge in [0.2, 0.25) is 0 Å². The van der Waals surface area contributed by atoms with Crippen molar-refractivity contribution in [2.45, 2.75) is 12.5 Å². The molecular formula is C13H16Cl2N2O4S. The third-order valence-electron chi connectivity index (χ3n) is 2.57. The summed E-state index contributed by atoms with van der Waals surface area (Å²) < 4.78 is 5.27. The number of aliphatic carboxylic acids is 1. The van der Waals surface area contributed by atoms with Gasteiger partial charge >= 0.3 is 12.0 Å². The topological polar surface area (TPSA) is 87.7 Å². The average molecular weight is 367 g/mol. The third-order valence-corrected chi connectivity index (χ3v) is 3.74. The first-order valence-electron chi connectivity index (χ1n) is 6.28. The van der Waals surface area contributed by atoms with Crippen LogP contribution in [-0.4, -0.2) is 41.9 Å². The number of benzene rings is 1. The van der Waals surface area contributed by atoms with Gasteiger partial charge in [-0.3, -0.25) is 0 Å². The van der Waals surface area contributed by atoms with E-state index in [0.717, 1.165) is 0 Å². The predicted molar refractivity (Wildman–Crippen MR) is 88.0 cm³/mol. The molecule has 0 aliphatic heterocycles. The third kappa shape index (κ3) is 6.64. The van der Waals surface area contributed by atoms with E-state index >= 15 is 0 Å². The first kappa shape index (κ1) is 18.7. The van der Waals surface area contributed by atoms with Crippen molar-refractivity contribution in [2.75, 3.05) is 18.7 Å². The Hall–Kier alpha value is -1.31. The molecule has 2 amide bonds. The molecule has 0 bridgehead atoms. The molecule has 1 aromatic rings. The van der Waals surface area contributed by atoms with E-state index in [9.17, 15) is 9.59 Å². The van der Waals surface area contributed by atoms with Gasteiger partial charge in [-0.05, 0) is 36.6 Å². The van der Waals surface area contributed by atoms with Gasteiger partial charge in [0.05, 0.1) is 5.02 Å². The number of urea groups is 1. The summed E-state index contributed by atoms with van der Waals surface area (Å²) in [5.41, 5.74) is 0. The molecule has 1 unspecified atom stereocenters. The molecule has 0 spiro atoms. The summed E-state index contributed by atoms with van der Waals surface area (Å²) in [6.45, 7) is -0.151. The maximum Gasteiger partial charge on any atom is 0.326 e. The molecule has 1 rings (SSSR count). The Morgan fingerprint density at radius 2 is 2.14 bits per heavy atom. The number of halogens is 2. The van der Waals surface area contributed by atoms with Crippen LogP contribution in [-0.2, 0) is 4.79 Å². The zero-order valence-corrected chi connectivity index (χ0v) is 14.1. The second-order valence-electron chi connectivity index (χ2n) is 4.19. The Bertz CT molecular complexity index is 531. The number of carboxylic acids is 1. The molecule has 0 aliphatic carbocycles. The summed E-state index contributed by atoms with van der Waals surface area (Å²) in [5, 5.41) is 14.6. The Morgan fingerprint density at radius 1 is 1.41 bits per heavy atom. The number of thioether (sulfide) groups is 1. The highest BCUT2D eigenvalue weighted by Gasteiger charge is 2.19. The van der Waals surface area contributed by atoms with Gasteiger partial charge in [0, 0.05) is 5.02 Å². The monoisotopic (exact) mass is 366 g/mol. The van der Waals surface area contributed by atoms with Crippen LogP contribution in [0.15, 0.2) is 18.2 Å². The molecule has 1 aromatic carbocycles. The first-order valence-corrected chi connectivity index (χ1v) is 8.43. The molecule has 0 aromatic heterocycles. The fourth-order valence-electron chi connectivity index (χ4n) is 1.47. The number of rotatable bonds is 8. The van der Waals surface area contributed by atoms with Gasteiger partial charge in [-0.15, -0.1) is 0 Å². The molecular weight excluding hydrogens is 351 g/mol. The Kier molecular flexibility index (Phi) is 8.22. The summed E-state index contributed by atoms with van der Waals surface area (Å²) in [4.78, 5) is 22.6. The number of ether oxygens (including phenoxy) is 1. The van der Waals surface area contributed by atoms with E-state index in [1.807, 2.05) is 6.26 Å². The highest BCUT2D eigenvalue weighted by molar-refractivity contribution is 7.98. The lowest BCUT2D eigenvalue weighted by molar-refractivity contribution is -0.139. The highest BCUT2D eigenvalue weighted by Crippen LogP contribution is 2.27. The quantitative estimate of drug-likeness (QED) is 0.615. The van der Waals surface area contributed by atoms with Crippen LogP contribution < -0.4 is 15.4 Å². The number of amides is 2. The minimum absolute atomic E-state index is 0.151. The van der Waals surface area contributed by atoms with Crippen LogP contribution in [0.1, 0.15) is 6.42 Å². The number of carboxylic acid groups (broad SMARTS) is 1. The lowest BCUT2D eigenvalue weighted by Gasteiger charge is -2.15. The standard InChI is InChI=1S/C13H16Cl2N2O4S/c1-22-5-4-10(12(18)19)17-13(20)16-7-21-11-3-2-8(14)6-9(11)15/h2-3,6,10H,4-5,7H2,1H3,(H,18,19)(H2,16,17,20). The normalized spacial score (nSPS) is 11.6. The minimum Gasteiger partial charge on any atom is -0.480 e. The smallest absolute Gasteiger partial charge is 0.326 e. The van der Waals surface area contributed by atoms with E-state index in [2.05, 4.69) is 10.6 Å². The number of carbonyl (C=O) groups excluding carboxylic acids is 1. The van der Waals surface area contributed by atoms with E-state index in [0.29, 0.717) is 28.0 Å². The molecule has 0 radical (unpaired) electrons. The summed E-state index contributed by atoms with van der Waals surface area (Å²) in [6, 6.07) is 3.13. The fourth-order valence-corrected chi connectivity index (χ4v) is 2.41. The van der Waals surface area contributed by atoms with Crippen molar-refractivity contribution in [3.8, 4) is 5.75 Å². The van der Waals surface area contributed by atoms with Crippen molar-refractivity contribution in [3.05, 3.63) is 28.2 Å². The van der Waals surface area contributed by atoms with Crippen molar-refractivity contribution in [1.82, 2.24) is 10.6 Å². The van der Waals surface area contributed by atoms with Gasteiger partial charge in [0.15, 0.2) is 6.73 Å². The average Bonchev–Trinajstić information content (AvgIpc) is 2.45. The van der Waals surface area contributed by atoms with E-state index in [1.54, 1.807) is 12.1 Å². The molecule has 9 heteroatoms. The maximum atomic E-state index is 11.6. The van der Waals surface area contributed by atoms with Crippen molar-refractivity contribution in [1.29, 1.82) is 0 Å². The number of hydrogen-bond donors (Lipinski definition) is 3. The largest absolute Gasteiger partial charge is 0.480 e. The Labute approximate surface area is 142 Å². The van der Waals surface area contributed by atoms with Crippen LogP contribution in [0.25, 0.3) is 0 Å². The zero-order chi connectivity index (χ0) is 16.5. The van der Waals surface area contributed by atoms with E-state index in [-0.39, 0.29) is 6.73 Å². The van der Waals surface area contributed by atoms with Crippen LogP contribution in [0.3, 0.4) is 0 Å². The van der Waals surface area contributed by atoms with Crippen molar-refractivity contribution in [3.63, 3.8) is 0 Å². The molecule has 1 atom stereocenters. The van der Waals surface area contributed by atoms with E-state index in [1.165, 1.54) is 17.8 Å². The molecule has 122 valence electrons. The molecule has 6 nitrogen and oxygen atoms in total. The molecule has 0 saturated carbocycles. The maximum absolute atomic E-state index is 11.6. The van der Waals surface area contributed by atoms with Crippen LogP contribution in [0, 0.1) is 0 Å². The Morgan fingerprint density at radius 3 is 2.73 bits per heavy atom. The van der Waals surface area contributed by atoms with Crippen molar-refractivity contribution >= 4 is 47.0 Å². The second kappa shape index (κ2) is 9.66. The predicted octanol–water partition coefficient (Wildman–Crippen LogP) is 2.84. The molecule has 22 heavy (non-hydrogen) atoms. The van der Waals surface area contributed by atoms with Crippen LogP contribution in [0.4, 0.5) is 4.79 Å². The van der Waals surface area contributed by atoms with Gasteiger partial charge < -0.3 is 20.5 Å². The van der Waals surface area contributed by atoms with Gasteiger partial charge in [0.1, 0.15) is 11.8 Å². The number of carbonyl (C=O) groups is 2. The molecule has 3 N–H and O–H groups in total. The van der Waals surface area contributed by atoms with Gasteiger partial charge in [-0.25, -0.2) is 9.59 Å². The van der Waals surface area contributed by atoms with Crippen LogP contribution in [0.2, 0.25) is 10.0 Å². The summed E-state index contributed by atoms with van der Waals surface area (Å²) >= 11 is 13.2. The number of hydrogen-bond acceptors (Lipinski definition) is 4. The molecule has 0 heterocycles. The molecule has 0 saturated heterocycles. The van der Waals surface area contributed by atoms with Gasteiger partial charge in [0.25, 0.3) is 0 Å². The summed E-state index contributed by atoms with van der Waals surface area (Å²) in [5.74, 6) is -0.0805. The van der Waals surface area contributed by atoms with Crippen LogP contribution >= 0.6 is 35.0 Å². The Balaban J connectivity index is 2.40. The summed E-state index contributed by atoms with van der Waals surface area (Å²) in [6.07, 6.45) is 2.20. The van der Waals surface area contributed by atoms with Crippen molar-refractivity contribution in [2.24, 2.45) is 0 Å². The van der Waals surface area contributed by atoms with Gasteiger partial charge in [-0.1, -0.05) is 23.2 Å².